The number of carbonyl (C=O) groups excluding carboxylic acids is 1. The maximum absolute atomic E-state index is 12.1. The minimum atomic E-state index is -4.73. The molecule has 1 rings (SSSR count). The Kier molecular flexibility index (Phi) is 4.86. The summed E-state index contributed by atoms with van der Waals surface area (Å²) in [5.41, 5.74) is 0.0100. The van der Waals surface area contributed by atoms with E-state index in [-0.39, 0.29) is 23.7 Å². The highest BCUT2D eigenvalue weighted by Crippen LogP contribution is 2.24. The summed E-state index contributed by atoms with van der Waals surface area (Å²) in [5, 5.41) is 5.46. The molecule has 1 aromatic carbocycles. The molecule has 0 aromatic heterocycles. The van der Waals surface area contributed by atoms with E-state index in [9.17, 15) is 18.0 Å². The SMILES string of the molecule is CC(C)(C)NC(=O)CNc1cccc(OC(F)(F)F)c1. The van der Waals surface area contributed by atoms with Gasteiger partial charge in [0, 0.05) is 17.3 Å². The van der Waals surface area contributed by atoms with Crippen LogP contribution in [0.4, 0.5) is 18.9 Å². The fraction of sp³-hybridized carbons (Fsp3) is 0.462. The second-order valence-electron chi connectivity index (χ2n) is 5.23. The maximum atomic E-state index is 12.1. The van der Waals surface area contributed by atoms with Crippen molar-refractivity contribution in [3.63, 3.8) is 0 Å². The molecule has 2 N–H and O–H groups in total. The van der Waals surface area contributed by atoms with Crippen LogP contribution in [0, 0.1) is 0 Å². The largest absolute Gasteiger partial charge is 0.573 e. The molecule has 0 spiro atoms. The number of alkyl halides is 3. The van der Waals surface area contributed by atoms with E-state index in [1.165, 1.54) is 18.2 Å². The Morgan fingerprint density at radius 2 is 1.90 bits per heavy atom. The molecule has 0 aliphatic heterocycles. The van der Waals surface area contributed by atoms with Crippen LogP contribution >= 0.6 is 0 Å². The van der Waals surface area contributed by atoms with Gasteiger partial charge < -0.3 is 15.4 Å². The number of amides is 1. The number of carbonyl (C=O) groups is 1. The lowest BCUT2D eigenvalue weighted by atomic mass is 10.1. The molecule has 4 nitrogen and oxygen atoms in total. The van der Waals surface area contributed by atoms with Gasteiger partial charge >= 0.3 is 6.36 Å². The van der Waals surface area contributed by atoms with Crippen molar-refractivity contribution < 1.29 is 22.7 Å². The topological polar surface area (TPSA) is 50.4 Å². The minimum Gasteiger partial charge on any atom is -0.406 e. The zero-order valence-corrected chi connectivity index (χ0v) is 11.5. The molecule has 112 valence electrons. The van der Waals surface area contributed by atoms with Gasteiger partial charge in [0.25, 0.3) is 0 Å². The van der Waals surface area contributed by atoms with Crippen LogP contribution in [-0.2, 0) is 4.79 Å². The van der Waals surface area contributed by atoms with Crippen molar-refractivity contribution in [3.8, 4) is 5.75 Å². The van der Waals surface area contributed by atoms with Crippen LogP contribution in [0.1, 0.15) is 20.8 Å². The Hall–Kier alpha value is -1.92. The molecule has 0 radical (unpaired) electrons. The van der Waals surface area contributed by atoms with Gasteiger partial charge in [0.05, 0.1) is 6.54 Å². The summed E-state index contributed by atoms with van der Waals surface area (Å²) in [6.07, 6.45) is -4.73. The fourth-order valence-electron chi connectivity index (χ4n) is 1.45. The highest BCUT2D eigenvalue weighted by Gasteiger charge is 2.31. The van der Waals surface area contributed by atoms with Crippen LogP contribution in [0.25, 0.3) is 0 Å². The van der Waals surface area contributed by atoms with Crippen LogP contribution in [0.5, 0.6) is 5.75 Å². The predicted octanol–water partition coefficient (Wildman–Crippen LogP) is 2.91. The van der Waals surface area contributed by atoms with E-state index in [1.807, 2.05) is 20.8 Å². The molecule has 7 heteroatoms. The average Bonchev–Trinajstić information content (AvgIpc) is 2.22. The number of rotatable bonds is 4. The quantitative estimate of drug-likeness (QED) is 0.896. The molecule has 1 aromatic rings. The van der Waals surface area contributed by atoms with Crippen LogP contribution in [0.15, 0.2) is 24.3 Å². The number of anilines is 1. The summed E-state index contributed by atoms with van der Waals surface area (Å²) < 4.78 is 40.0. The second-order valence-corrected chi connectivity index (χ2v) is 5.23. The fourth-order valence-corrected chi connectivity index (χ4v) is 1.45. The van der Waals surface area contributed by atoms with Crippen molar-refractivity contribution in [3.05, 3.63) is 24.3 Å². The van der Waals surface area contributed by atoms with Gasteiger partial charge in [-0.15, -0.1) is 13.2 Å². The molecule has 0 aliphatic rings. The lowest BCUT2D eigenvalue weighted by molar-refractivity contribution is -0.274. The lowest BCUT2D eigenvalue weighted by Gasteiger charge is -2.20. The molecular weight excluding hydrogens is 273 g/mol. The van der Waals surface area contributed by atoms with Gasteiger partial charge in [-0.05, 0) is 32.9 Å². The molecule has 0 saturated carbocycles. The molecule has 0 saturated heterocycles. The first kappa shape index (κ1) is 16.1. The molecule has 0 heterocycles. The molecule has 0 atom stereocenters. The number of benzene rings is 1. The van der Waals surface area contributed by atoms with Gasteiger partial charge in [-0.25, -0.2) is 0 Å². The zero-order chi connectivity index (χ0) is 15.4. The smallest absolute Gasteiger partial charge is 0.406 e. The Morgan fingerprint density at radius 1 is 1.25 bits per heavy atom. The first-order chi connectivity index (χ1) is 9.05. The van der Waals surface area contributed by atoms with Gasteiger partial charge in [0.2, 0.25) is 5.91 Å². The molecule has 20 heavy (non-hydrogen) atoms. The van der Waals surface area contributed by atoms with Gasteiger partial charge in [-0.3, -0.25) is 4.79 Å². The third-order valence-corrected chi connectivity index (χ3v) is 2.04. The van der Waals surface area contributed by atoms with E-state index < -0.39 is 6.36 Å². The molecule has 0 fully saturated rings. The summed E-state index contributed by atoms with van der Waals surface area (Å²) in [6.45, 7) is 5.47. The summed E-state index contributed by atoms with van der Waals surface area (Å²) in [4.78, 5) is 11.6. The minimum absolute atomic E-state index is 0.0350. The van der Waals surface area contributed by atoms with Crippen molar-refractivity contribution >= 4 is 11.6 Å². The van der Waals surface area contributed by atoms with E-state index in [2.05, 4.69) is 15.4 Å². The number of hydrogen-bond donors (Lipinski definition) is 2. The number of ether oxygens (including phenoxy) is 1. The van der Waals surface area contributed by atoms with Crippen LogP contribution in [0.3, 0.4) is 0 Å². The molecule has 1 amide bonds. The van der Waals surface area contributed by atoms with Crippen molar-refractivity contribution in [1.82, 2.24) is 5.32 Å². The zero-order valence-electron chi connectivity index (χ0n) is 11.5. The molecule has 0 unspecified atom stereocenters. The Labute approximate surface area is 115 Å². The summed E-state index contributed by atoms with van der Waals surface area (Å²) >= 11 is 0. The number of hydrogen-bond acceptors (Lipinski definition) is 3. The molecule has 0 aliphatic carbocycles. The first-order valence-electron chi connectivity index (χ1n) is 5.96. The maximum Gasteiger partial charge on any atom is 0.573 e. The van der Waals surface area contributed by atoms with Crippen LogP contribution < -0.4 is 15.4 Å². The Balaban J connectivity index is 2.57. The first-order valence-corrected chi connectivity index (χ1v) is 5.96. The van der Waals surface area contributed by atoms with Crippen LogP contribution in [0.2, 0.25) is 0 Å². The van der Waals surface area contributed by atoms with Crippen molar-refractivity contribution in [2.45, 2.75) is 32.7 Å². The predicted molar refractivity (Wildman–Crippen MR) is 69.5 cm³/mol. The molecular formula is C13H17F3N2O2. The van der Waals surface area contributed by atoms with E-state index in [1.54, 1.807) is 6.07 Å². The molecule has 0 bridgehead atoms. The number of nitrogens with one attached hydrogen (secondary N) is 2. The average molecular weight is 290 g/mol. The van der Waals surface area contributed by atoms with E-state index in [0.717, 1.165) is 0 Å². The lowest BCUT2D eigenvalue weighted by Crippen LogP contribution is -2.43. The van der Waals surface area contributed by atoms with Gasteiger partial charge in [-0.1, -0.05) is 6.07 Å². The van der Waals surface area contributed by atoms with Gasteiger partial charge in [-0.2, -0.15) is 0 Å². The monoisotopic (exact) mass is 290 g/mol. The highest BCUT2D eigenvalue weighted by atomic mass is 19.4. The standard InChI is InChI=1S/C13H17F3N2O2/c1-12(2,3)18-11(19)8-17-9-5-4-6-10(7-9)20-13(14,15)16/h4-7,17H,8H2,1-3H3,(H,18,19). The third-order valence-electron chi connectivity index (χ3n) is 2.04. The third kappa shape index (κ3) is 6.86. The van der Waals surface area contributed by atoms with Gasteiger partial charge in [0.15, 0.2) is 0 Å². The Bertz CT molecular complexity index is 467. The highest BCUT2D eigenvalue weighted by molar-refractivity contribution is 5.81. The summed E-state index contributed by atoms with van der Waals surface area (Å²) in [6, 6.07) is 5.32. The normalized spacial score (nSPS) is 11.9. The summed E-state index contributed by atoms with van der Waals surface area (Å²) in [7, 11) is 0. The summed E-state index contributed by atoms with van der Waals surface area (Å²) in [5.74, 6) is -0.585. The van der Waals surface area contributed by atoms with Crippen molar-refractivity contribution in [1.29, 1.82) is 0 Å². The van der Waals surface area contributed by atoms with E-state index in [0.29, 0.717) is 5.69 Å². The van der Waals surface area contributed by atoms with Gasteiger partial charge in [0.1, 0.15) is 5.75 Å². The number of halogens is 3. The van der Waals surface area contributed by atoms with Crippen LogP contribution in [-0.4, -0.2) is 24.4 Å². The van der Waals surface area contributed by atoms with Crippen molar-refractivity contribution in [2.24, 2.45) is 0 Å². The second kappa shape index (κ2) is 6.02. The van der Waals surface area contributed by atoms with Crippen molar-refractivity contribution in [2.75, 3.05) is 11.9 Å². The Morgan fingerprint density at radius 3 is 2.45 bits per heavy atom. The van der Waals surface area contributed by atoms with E-state index >= 15 is 0 Å². The van der Waals surface area contributed by atoms with E-state index in [4.69, 9.17) is 0 Å².